The first-order valence-corrected chi connectivity index (χ1v) is 17.0. The van der Waals surface area contributed by atoms with E-state index in [-0.39, 0.29) is 23.1 Å². The normalized spacial score (nSPS) is 25.8. The molecule has 0 amide bonds. The Morgan fingerprint density at radius 1 is 0.750 bits per heavy atom. The molecule has 0 saturated carbocycles. The Balaban J connectivity index is 2.25. The van der Waals surface area contributed by atoms with Crippen molar-refractivity contribution < 1.29 is 14.3 Å². The second-order valence-electron chi connectivity index (χ2n) is 13.0. The molecule has 0 aliphatic carbocycles. The molecule has 1 heterocycles. The van der Waals surface area contributed by atoms with Gasteiger partial charge in [0.1, 0.15) is 6.10 Å². The summed E-state index contributed by atoms with van der Waals surface area (Å²) in [5, 5.41) is 2.36. The van der Waals surface area contributed by atoms with E-state index in [1.54, 1.807) is 0 Å². The summed E-state index contributed by atoms with van der Waals surface area (Å²) < 4.78 is 13.9. The minimum atomic E-state index is -0.599. The summed E-state index contributed by atoms with van der Waals surface area (Å²) >= 11 is 0. The molecule has 1 aliphatic rings. The number of hydrogen-bond donors (Lipinski definition) is 0. The first-order chi connectivity index (χ1) is 19.2. The van der Waals surface area contributed by atoms with Gasteiger partial charge in [0.2, 0.25) is 0 Å². The molecule has 0 aromatic heterocycles. The largest absolute Gasteiger partial charge is 0.349 e. The van der Waals surface area contributed by atoms with Gasteiger partial charge in [-0.25, -0.2) is 0 Å². The number of unbranched alkanes of at least 4 members (excludes halogenated alkanes) is 10. The highest BCUT2D eigenvalue weighted by Crippen LogP contribution is 2.53. The van der Waals surface area contributed by atoms with Gasteiger partial charge in [-0.15, -0.1) is 0 Å². The van der Waals surface area contributed by atoms with Gasteiger partial charge in [-0.3, -0.25) is 4.84 Å². The lowest BCUT2D eigenvalue weighted by Gasteiger charge is -2.63. The van der Waals surface area contributed by atoms with Crippen molar-refractivity contribution in [2.24, 2.45) is 5.92 Å². The van der Waals surface area contributed by atoms with E-state index in [4.69, 9.17) is 14.3 Å². The molecule has 4 heteroatoms. The topological polar surface area (TPSA) is 30.9 Å². The SMILES string of the molecule is CCCCCCCCOC1(OCCCCCCCC)CC(C)(CC)N(OC(C)c2ccccc2)C(C)(CC)C1C. The molecule has 40 heavy (non-hydrogen) atoms. The summed E-state index contributed by atoms with van der Waals surface area (Å²) in [6, 6.07) is 10.6. The van der Waals surface area contributed by atoms with Crippen molar-refractivity contribution in [2.75, 3.05) is 13.2 Å². The Labute approximate surface area is 248 Å². The van der Waals surface area contributed by atoms with Gasteiger partial charge in [0.05, 0.1) is 18.8 Å². The Morgan fingerprint density at radius 3 is 1.73 bits per heavy atom. The van der Waals surface area contributed by atoms with E-state index in [1.165, 1.54) is 69.8 Å². The van der Waals surface area contributed by atoms with E-state index < -0.39 is 5.79 Å². The van der Waals surface area contributed by atoms with E-state index in [2.05, 4.69) is 90.8 Å². The lowest BCUT2D eigenvalue weighted by atomic mass is 9.67. The highest BCUT2D eigenvalue weighted by atomic mass is 16.7. The van der Waals surface area contributed by atoms with E-state index in [1.807, 2.05) is 0 Å². The van der Waals surface area contributed by atoms with Crippen molar-refractivity contribution in [3.05, 3.63) is 35.9 Å². The van der Waals surface area contributed by atoms with Crippen LogP contribution in [0, 0.1) is 5.92 Å². The molecule has 0 bridgehead atoms. The summed E-state index contributed by atoms with van der Waals surface area (Å²) in [6.45, 7) is 20.0. The van der Waals surface area contributed by atoms with Crippen LogP contribution >= 0.6 is 0 Å². The quantitative estimate of drug-likeness (QED) is 0.111. The number of benzene rings is 1. The maximum Gasteiger partial charge on any atom is 0.174 e. The zero-order chi connectivity index (χ0) is 29.5. The smallest absolute Gasteiger partial charge is 0.174 e. The van der Waals surface area contributed by atoms with Crippen molar-refractivity contribution in [3.8, 4) is 0 Å². The van der Waals surface area contributed by atoms with Gasteiger partial charge < -0.3 is 9.47 Å². The van der Waals surface area contributed by atoms with Gasteiger partial charge in [-0.2, -0.15) is 5.06 Å². The van der Waals surface area contributed by atoms with Crippen molar-refractivity contribution >= 4 is 0 Å². The molecule has 1 aliphatic heterocycles. The van der Waals surface area contributed by atoms with Crippen LogP contribution < -0.4 is 0 Å². The number of hydrogen-bond acceptors (Lipinski definition) is 4. The third-order valence-electron chi connectivity index (χ3n) is 9.87. The zero-order valence-electron chi connectivity index (χ0n) is 27.7. The van der Waals surface area contributed by atoms with Crippen LogP contribution in [0.3, 0.4) is 0 Å². The lowest BCUT2D eigenvalue weighted by Crippen LogP contribution is -2.72. The van der Waals surface area contributed by atoms with Crippen molar-refractivity contribution in [1.82, 2.24) is 5.06 Å². The van der Waals surface area contributed by atoms with Crippen LogP contribution in [-0.2, 0) is 14.3 Å². The van der Waals surface area contributed by atoms with E-state index in [0.717, 1.165) is 45.3 Å². The van der Waals surface area contributed by atoms with Crippen LogP contribution in [0.2, 0.25) is 0 Å². The summed E-state index contributed by atoms with van der Waals surface area (Å²) in [4.78, 5) is 6.94. The average Bonchev–Trinajstić information content (AvgIpc) is 2.97. The highest BCUT2D eigenvalue weighted by molar-refractivity contribution is 5.17. The zero-order valence-corrected chi connectivity index (χ0v) is 27.7. The van der Waals surface area contributed by atoms with E-state index in [0.29, 0.717) is 0 Å². The van der Waals surface area contributed by atoms with Crippen LogP contribution in [0.1, 0.15) is 163 Å². The van der Waals surface area contributed by atoms with Crippen molar-refractivity contribution in [2.45, 2.75) is 175 Å². The van der Waals surface area contributed by atoms with Crippen LogP contribution in [-0.4, -0.2) is 35.1 Å². The second-order valence-corrected chi connectivity index (χ2v) is 13.0. The molecular formula is C36H65NO3. The Morgan fingerprint density at radius 2 is 1.25 bits per heavy atom. The molecule has 1 fully saturated rings. The van der Waals surface area contributed by atoms with Gasteiger partial charge in [-0.1, -0.05) is 129 Å². The van der Waals surface area contributed by atoms with Crippen LogP contribution in [0.5, 0.6) is 0 Å². The first-order valence-electron chi connectivity index (χ1n) is 17.0. The van der Waals surface area contributed by atoms with Gasteiger partial charge in [0.15, 0.2) is 5.79 Å². The molecule has 2 rings (SSSR count). The van der Waals surface area contributed by atoms with E-state index in [9.17, 15) is 0 Å². The Kier molecular flexibility index (Phi) is 15.8. The number of ether oxygens (including phenoxy) is 2. The number of rotatable bonds is 21. The molecule has 4 atom stereocenters. The van der Waals surface area contributed by atoms with Gasteiger partial charge >= 0.3 is 0 Å². The van der Waals surface area contributed by atoms with Crippen LogP contribution in [0.15, 0.2) is 30.3 Å². The fraction of sp³-hybridized carbons (Fsp3) is 0.833. The minimum absolute atomic E-state index is 0.0225. The van der Waals surface area contributed by atoms with Gasteiger partial charge in [0.25, 0.3) is 0 Å². The predicted molar refractivity (Wildman–Crippen MR) is 170 cm³/mol. The van der Waals surface area contributed by atoms with Crippen molar-refractivity contribution in [1.29, 1.82) is 0 Å². The highest BCUT2D eigenvalue weighted by Gasteiger charge is 2.62. The molecule has 1 aromatic rings. The molecule has 4 unspecified atom stereocenters. The Bertz CT molecular complexity index is 768. The summed E-state index contributed by atoms with van der Waals surface area (Å²) in [6.07, 6.45) is 17.9. The summed E-state index contributed by atoms with van der Waals surface area (Å²) in [5.74, 6) is -0.439. The average molecular weight is 560 g/mol. The lowest BCUT2D eigenvalue weighted by molar-refractivity contribution is -0.396. The maximum atomic E-state index is 6.96. The minimum Gasteiger partial charge on any atom is -0.349 e. The molecule has 0 spiro atoms. The van der Waals surface area contributed by atoms with Gasteiger partial charge in [-0.05, 0) is 52.0 Å². The molecule has 0 radical (unpaired) electrons. The predicted octanol–water partition coefficient (Wildman–Crippen LogP) is 10.8. The number of nitrogens with zero attached hydrogens (tertiary/aromatic N) is 1. The number of piperidine rings is 1. The standard InChI is InChI=1S/C36H65NO3/c1-9-13-15-17-19-24-28-38-36(39-29-25-20-18-16-14-10-2)30-34(7,11-3)37(35(8,12-4)32(36)6)40-31(5)33-26-22-21-23-27-33/h21-23,26-27,31-32H,9-20,24-25,28-30H2,1-8H3. The van der Waals surface area contributed by atoms with E-state index >= 15 is 0 Å². The fourth-order valence-electron chi connectivity index (χ4n) is 6.58. The molecular weight excluding hydrogens is 494 g/mol. The monoisotopic (exact) mass is 559 g/mol. The third kappa shape index (κ3) is 9.54. The molecule has 1 saturated heterocycles. The molecule has 0 N–H and O–H groups in total. The van der Waals surface area contributed by atoms with Crippen molar-refractivity contribution in [3.63, 3.8) is 0 Å². The molecule has 232 valence electrons. The van der Waals surface area contributed by atoms with Crippen LogP contribution in [0.25, 0.3) is 0 Å². The fourth-order valence-corrected chi connectivity index (χ4v) is 6.58. The Hall–Kier alpha value is -0.940. The van der Waals surface area contributed by atoms with Crippen LogP contribution in [0.4, 0.5) is 0 Å². The molecule has 4 nitrogen and oxygen atoms in total. The second kappa shape index (κ2) is 17.9. The molecule has 1 aromatic carbocycles. The van der Waals surface area contributed by atoms with Gasteiger partial charge in [0, 0.05) is 17.9 Å². The number of hydroxylamine groups is 2. The first kappa shape index (κ1) is 35.3. The maximum absolute atomic E-state index is 6.96. The third-order valence-corrected chi connectivity index (χ3v) is 9.87. The summed E-state index contributed by atoms with van der Waals surface area (Å²) in [5.41, 5.74) is 0.777. The summed E-state index contributed by atoms with van der Waals surface area (Å²) in [7, 11) is 0.